The molecule has 18 heavy (non-hydrogen) atoms. The molecule has 1 aromatic heterocycles. The molecular weight excluding hydrogens is 248 g/mol. The van der Waals surface area contributed by atoms with E-state index in [0.717, 1.165) is 28.3 Å². The van der Waals surface area contributed by atoms with Gasteiger partial charge in [0.1, 0.15) is 12.0 Å². The van der Waals surface area contributed by atoms with Crippen molar-refractivity contribution in [2.45, 2.75) is 24.4 Å². The van der Waals surface area contributed by atoms with E-state index < -0.39 is 0 Å². The summed E-state index contributed by atoms with van der Waals surface area (Å²) in [4.78, 5) is 4.25. The van der Waals surface area contributed by atoms with Crippen LogP contribution in [0, 0.1) is 6.92 Å². The zero-order valence-electron chi connectivity index (χ0n) is 10.5. The Morgan fingerprint density at radius 3 is 2.89 bits per heavy atom. The number of hydrogen-bond donors (Lipinski definition) is 1. The first kappa shape index (κ1) is 13.0. The van der Waals surface area contributed by atoms with Crippen LogP contribution in [0.3, 0.4) is 0 Å². The van der Waals surface area contributed by atoms with Crippen molar-refractivity contribution in [2.75, 3.05) is 7.11 Å². The number of rotatable bonds is 5. The Bertz CT molecular complexity index is 525. The summed E-state index contributed by atoms with van der Waals surface area (Å²) in [7, 11) is 1.66. The SMILES string of the molecule is COc1cc(CSc2nc(C)co2)ccc1CN. The second-order valence-corrected chi connectivity index (χ2v) is 4.82. The zero-order valence-corrected chi connectivity index (χ0v) is 11.3. The maximum Gasteiger partial charge on any atom is 0.256 e. The highest BCUT2D eigenvalue weighted by Crippen LogP contribution is 2.26. The number of ether oxygens (including phenoxy) is 1. The molecule has 1 aromatic carbocycles. The fourth-order valence-electron chi connectivity index (χ4n) is 1.59. The molecule has 5 heteroatoms. The minimum Gasteiger partial charge on any atom is -0.496 e. The molecular formula is C13H16N2O2S. The Balaban J connectivity index is 2.05. The number of oxazole rings is 1. The van der Waals surface area contributed by atoms with Gasteiger partial charge in [-0.05, 0) is 18.6 Å². The maximum absolute atomic E-state index is 5.63. The third-order valence-electron chi connectivity index (χ3n) is 2.53. The standard InChI is InChI=1S/C13H16N2O2S/c1-9-7-17-13(15-9)18-8-10-3-4-11(6-14)12(5-10)16-2/h3-5,7H,6,8,14H2,1-2H3. The molecule has 2 aromatic rings. The van der Waals surface area contributed by atoms with Gasteiger partial charge in [0.25, 0.3) is 5.22 Å². The van der Waals surface area contributed by atoms with Gasteiger partial charge in [0.2, 0.25) is 0 Å². The van der Waals surface area contributed by atoms with E-state index in [-0.39, 0.29) is 0 Å². The molecule has 0 atom stereocenters. The molecule has 0 radical (unpaired) electrons. The highest BCUT2D eigenvalue weighted by Gasteiger charge is 2.06. The van der Waals surface area contributed by atoms with Gasteiger partial charge in [-0.1, -0.05) is 23.9 Å². The molecule has 0 spiro atoms. The van der Waals surface area contributed by atoms with Crippen molar-refractivity contribution in [3.05, 3.63) is 41.3 Å². The summed E-state index contributed by atoms with van der Waals surface area (Å²) in [6, 6.07) is 6.05. The minimum absolute atomic E-state index is 0.482. The summed E-state index contributed by atoms with van der Waals surface area (Å²) in [5, 5.41) is 0.689. The molecule has 0 aliphatic heterocycles. The zero-order chi connectivity index (χ0) is 13.0. The molecule has 4 nitrogen and oxygen atoms in total. The summed E-state index contributed by atoms with van der Waals surface area (Å²) < 4.78 is 10.6. The predicted octanol–water partition coefficient (Wildman–Crippen LogP) is 2.74. The Morgan fingerprint density at radius 2 is 2.28 bits per heavy atom. The van der Waals surface area contributed by atoms with E-state index in [1.807, 2.05) is 25.1 Å². The second-order valence-electron chi connectivity index (χ2n) is 3.89. The van der Waals surface area contributed by atoms with Crippen molar-refractivity contribution >= 4 is 11.8 Å². The quantitative estimate of drug-likeness (QED) is 0.841. The fraction of sp³-hybridized carbons (Fsp3) is 0.308. The molecule has 0 saturated heterocycles. The van der Waals surface area contributed by atoms with Gasteiger partial charge in [-0.25, -0.2) is 4.98 Å². The molecule has 0 unspecified atom stereocenters. The van der Waals surface area contributed by atoms with Gasteiger partial charge >= 0.3 is 0 Å². The first-order chi connectivity index (χ1) is 8.72. The van der Waals surface area contributed by atoms with Crippen molar-refractivity contribution in [1.82, 2.24) is 4.98 Å². The molecule has 0 bridgehead atoms. The predicted molar refractivity (Wildman–Crippen MR) is 71.7 cm³/mol. The summed E-state index contributed by atoms with van der Waals surface area (Å²) in [5.41, 5.74) is 8.70. The molecule has 0 saturated carbocycles. The lowest BCUT2D eigenvalue weighted by Crippen LogP contribution is -2.00. The third-order valence-corrected chi connectivity index (χ3v) is 3.44. The van der Waals surface area contributed by atoms with E-state index in [1.54, 1.807) is 25.1 Å². The number of methoxy groups -OCH3 is 1. The molecule has 96 valence electrons. The normalized spacial score (nSPS) is 10.6. The average molecular weight is 264 g/mol. The van der Waals surface area contributed by atoms with E-state index in [2.05, 4.69) is 4.98 Å². The van der Waals surface area contributed by atoms with E-state index in [0.29, 0.717) is 11.8 Å². The third kappa shape index (κ3) is 3.05. The lowest BCUT2D eigenvalue weighted by molar-refractivity contribution is 0.409. The number of aromatic nitrogens is 1. The van der Waals surface area contributed by atoms with Crippen molar-refractivity contribution in [1.29, 1.82) is 0 Å². The van der Waals surface area contributed by atoms with Crippen LogP contribution in [-0.4, -0.2) is 12.1 Å². The van der Waals surface area contributed by atoms with Gasteiger partial charge < -0.3 is 14.9 Å². The van der Waals surface area contributed by atoms with Gasteiger partial charge in [-0.2, -0.15) is 0 Å². The van der Waals surface area contributed by atoms with Crippen LogP contribution in [0.25, 0.3) is 0 Å². The summed E-state index contributed by atoms with van der Waals surface area (Å²) >= 11 is 1.56. The van der Waals surface area contributed by atoms with Gasteiger partial charge in [-0.3, -0.25) is 0 Å². The smallest absolute Gasteiger partial charge is 0.256 e. The molecule has 2 rings (SSSR count). The van der Waals surface area contributed by atoms with E-state index in [4.69, 9.17) is 14.9 Å². The van der Waals surface area contributed by atoms with Crippen LogP contribution >= 0.6 is 11.8 Å². The molecule has 0 aliphatic carbocycles. The highest BCUT2D eigenvalue weighted by atomic mass is 32.2. The van der Waals surface area contributed by atoms with Gasteiger partial charge in [0.05, 0.1) is 12.8 Å². The number of benzene rings is 1. The van der Waals surface area contributed by atoms with Crippen LogP contribution in [0.15, 0.2) is 34.1 Å². The second kappa shape index (κ2) is 5.93. The number of aryl methyl sites for hydroxylation is 1. The Hall–Kier alpha value is -1.46. The van der Waals surface area contributed by atoms with Crippen LogP contribution in [-0.2, 0) is 12.3 Å². The van der Waals surface area contributed by atoms with Gasteiger partial charge in [-0.15, -0.1) is 0 Å². The molecule has 0 fully saturated rings. The number of nitrogens with two attached hydrogens (primary N) is 1. The van der Waals surface area contributed by atoms with E-state index in [1.165, 1.54) is 0 Å². The Morgan fingerprint density at radius 1 is 1.44 bits per heavy atom. The topological polar surface area (TPSA) is 61.3 Å². The summed E-state index contributed by atoms with van der Waals surface area (Å²) in [6.45, 7) is 2.39. The van der Waals surface area contributed by atoms with Crippen LogP contribution in [0.2, 0.25) is 0 Å². The Labute approximate surface area is 111 Å². The Kier molecular flexibility index (Phi) is 4.28. The molecule has 1 heterocycles. The van der Waals surface area contributed by atoms with Crippen molar-refractivity contribution in [3.63, 3.8) is 0 Å². The summed E-state index contributed by atoms with van der Waals surface area (Å²) in [5.74, 6) is 1.63. The fourth-order valence-corrected chi connectivity index (χ4v) is 2.39. The number of thioether (sulfide) groups is 1. The monoisotopic (exact) mass is 264 g/mol. The number of hydrogen-bond acceptors (Lipinski definition) is 5. The van der Waals surface area contributed by atoms with E-state index >= 15 is 0 Å². The first-order valence-electron chi connectivity index (χ1n) is 5.63. The van der Waals surface area contributed by atoms with Crippen LogP contribution in [0.4, 0.5) is 0 Å². The number of nitrogens with zero attached hydrogens (tertiary/aromatic N) is 1. The van der Waals surface area contributed by atoms with Crippen LogP contribution in [0.1, 0.15) is 16.8 Å². The largest absolute Gasteiger partial charge is 0.496 e. The van der Waals surface area contributed by atoms with Crippen molar-refractivity contribution in [2.24, 2.45) is 5.73 Å². The van der Waals surface area contributed by atoms with Gasteiger partial charge in [0.15, 0.2) is 0 Å². The van der Waals surface area contributed by atoms with Crippen molar-refractivity contribution in [3.8, 4) is 5.75 Å². The van der Waals surface area contributed by atoms with Gasteiger partial charge in [0, 0.05) is 17.9 Å². The lowest BCUT2D eigenvalue weighted by Gasteiger charge is -2.08. The van der Waals surface area contributed by atoms with Crippen LogP contribution in [0.5, 0.6) is 5.75 Å². The van der Waals surface area contributed by atoms with E-state index in [9.17, 15) is 0 Å². The molecule has 0 aliphatic rings. The van der Waals surface area contributed by atoms with Crippen molar-refractivity contribution < 1.29 is 9.15 Å². The molecule has 0 amide bonds. The highest BCUT2D eigenvalue weighted by molar-refractivity contribution is 7.98. The summed E-state index contributed by atoms with van der Waals surface area (Å²) in [6.07, 6.45) is 1.65. The lowest BCUT2D eigenvalue weighted by atomic mass is 10.1. The average Bonchev–Trinajstić information content (AvgIpc) is 2.81. The maximum atomic E-state index is 5.63. The minimum atomic E-state index is 0.482. The first-order valence-corrected chi connectivity index (χ1v) is 6.62. The molecule has 2 N–H and O–H groups in total. The van der Waals surface area contributed by atoms with Crippen LogP contribution < -0.4 is 10.5 Å².